The van der Waals surface area contributed by atoms with E-state index in [2.05, 4.69) is 15.3 Å². The summed E-state index contributed by atoms with van der Waals surface area (Å²) in [5.74, 6) is 0.385. The molecule has 3 aromatic rings. The minimum atomic E-state index is -0.963. The highest BCUT2D eigenvalue weighted by molar-refractivity contribution is 5.92. The highest BCUT2D eigenvalue weighted by Gasteiger charge is 2.12. The van der Waals surface area contributed by atoms with Crippen LogP contribution < -0.4 is 10.1 Å². The Bertz CT molecular complexity index is 877. The first kappa shape index (κ1) is 15.9. The molecule has 0 aliphatic carbocycles. The molecular weight excluding hydrogens is 306 g/mol. The van der Waals surface area contributed by atoms with Crippen LogP contribution in [0.2, 0.25) is 0 Å². The van der Waals surface area contributed by atoms with Crippen molar-refractivity contribution in [3.63, 3.8) is 0 Å². The maximum Gasteiger partial charge on any atom is 0.335 e. The fourth-order valence-corrected chi connectivity index (χ4v) is 2.30. The molecule has 0 unspecified atom stereocenters. The molecule has 6 nitrogen and oxygen atoms in total. The summed E-state index contributed by atoms with van der Waals surface area (Å²) in [5, 5.41) is 12.2. The lowest BCUT2D eigenvalue weighted by molar-refractivity contribution is 0.0697. The van der Waals surface area contributed by atoms with E-state index in [0.717, 1.165) is 11.4 Å². The number of aromatic carboxylic acids is 1. The molecule has 0 bridgehead atoms. The van der Waals surface area contributed by atoms with Crippen LogP contribution in [0.15, 0.2) is 42.5 Å². The van der Waals surface area contributed by atoms with Gasteiger partial charge in [0.25, 0.3) is 0 Å². The van der Waals surface area contributed by atoms with Gasteiger partial charge in [0.15, 0.2) is 0 Å². The van der Waals surface area contributed by atoms with Gasteiger partial charge in [-0.3, -0.25) is 0 Å². The van der Waals surface area contributed by atoms with Crippen LogP contribution in [0.1, 0.15) is 31.1 Å². The highest BCUT2D eigenvalue weighted by atomic mass is 16.5. The Morgan fingerprint density at radius 1 is 1.17 bits per heavy atom. The van der Waals surface area contributed by atoms with Gasteiger partial charge < -0.3 is 20.1 Å². The molecule has 124 valence electrons. The van der Waals surface area contributed by atoms with Crippen molar-refractivity contribution in [2.45, 2.75) is 26.4 Å². The monoisotopic (exact) mass is 325 g/mol. The standard InChI is InChI=1S/C18H19N3O3/c1-18(2,3)24-13-7-5-12(6-8-13)19-17-20-14-9-4-11(16(22)23)10-15(14)21-17/h4-10H,1-3H3,(H,22,23)(H2,19,20,21). The second kappa shape index (κ2) is 5.88. The zero-order valence-corrected chi connectivity index (χ0v) is 13.8. The van der Waals surface area contributed by atoms with Crippen molar-refractivity contribution in [3.8, 4) is 5.75 Å². The van der Waals surface area contributed by atoms with Crippen molar-refractivity contribution in [1.29, 1.82) is 0 Å². The van der Waals surface area contributed by atoms with E-state index in [0.29, 0.717) is 17.0 Å². The Morgan fingerprint density at radius 3 is 2.50 bits per heavy atom. The van der Waals surface area contributed by atoms with Crippen LogP contribution in [-0.4, -0.2) is 26.6 Å². The number of hydrogen-bond donors (Lipinski definition) is 3. The molecule has 1 aromatic heterocycles. The lowest BCUT2D eigenvalue weighted by atomic mass is 10.2. The number of fused-ring (bicyclic) bond motifs is 1. The lowest BCUT2D eigenvalue weighted by Gasteiger charge is -2.21. The number of imidazole rings is 1. The molecule has 0 saturated heterocycles. The topological polar surface area (TPSA) is 87.2 Å². The number of anilines is 2. The maximum absolute atomic E-state index is 11.0. The minimum Gasteiger partial charge on any atom is -0.488 e. The third kappa shape index (κ3) is 3.65. The fourth-order valence-electron chi connectivity index (χ4n) is 2.30. The molecule has 0 fully saturated rings. The number of hydrogen-bond acceptors (Lipinski definition) is 4. The molecule has 0 amide bonds. The largest absolute Gasteiger partial charge is 0.488 e. The lowest BCUT2D eigenvalue weighted by Crippen LogP contribution is -2.22. The molecule has 3 rings (SSSR count). The average molecular weight is 325 g/mol. The summed E-state index contributed by atoms with van der Waals surface area (Å²) in [6, 6.07) is 12.4. The zero-order chi connectivity index (χ0) is 17.3. The average Bonchev–Trinajstić information content (AvgIpc) is 2.89. The van der Waals surface area contributed by atoms with Crippen molar-refractivity contribution in [1.82, 2.24) is 9.97 Å². The van der Waals surface area contributed by atoms with E-state index in [9.17, 15) is 4.79 Å². The molecule has 0 aliphatic heterocycles. The van der Waals surface area contributed by atoms with Crippen molar-refractivity contribution < 1.29 is 14.6 Å². The van der Waals surface area contributed by atoms with Gasteiger partial charge in [-0.05, 0) is 63.2 Å². The molecule has 3 N–H and O–H groups in total. The number of carboxylic acid groups (broad SMARTS) is 1. The summed E-state index contributed by atoms with van der Waals surface area (Å²) in [7, 11) is 0. The number of rotatable bonds is 4. The Morgan fingerprint density at radius 2 is 1.88 bits per heavy atom. The van der Waals surface area contributed by atoms with E-state index < -0.39 is 5.97 Å². The number of nitrogens with one attached hydrogen (secondary N) is 2. The SMILES string of the molecule is CC(C)(C)Oc1ccc(Nc2nc3ccc(C(=O)O)cc3[nH]2)cc1. The summed E-state index contributed by atoms with van der Waals surface area (Å²) in [6.45, 7) is 6.00. The summed E-state index contributed by atoms with van der Waals surface area (Å²) in [4.78, 5) is 18.5. The van der Waals surface area contributed by atoms with E-state index in [1.165, 1.54) is 6.07 Å². The quantitative estimate of drug-likeness (QED) is 0.670. The molecule has 6 heteroatoms. The third-order valence-electron chi connectivity index (χ3n) is 3.27. The fraction of sp³-hybridized carbons (Fsp3) is 0.222. The normalized spacial score (nSPS) is 11.5. The molecule has 24 heavy (non-hydrogen) atoms. The van der Waals surface area contributed by atoms with Gasteiger partial charge in [0.05, 0.1) is 16.6 Å². The summed E-state index contributed by atoms with van der Waals surface area (Å²) >= 11 is 0. The number of aromatic nitrogens is 2. The first-order valence-electron chi connectivity index (χ1n) is 7.59. The first-order valence-corrected chi connectivity index (χ1v) is 7.59. The molecule has 0 radical (unpaired) electrons. The minimum absolute atomic E-state index is 0.224. The predicted molar refractivity (Wildman–Crippen MR) is 93.2 cm³/mol. The molecule has 2 aromatic carbocycles. The van der Waals surface area contributed by atoms with Crippen molar-refractivity contribution in [2.75, 3.05) is 5.32 Å². The van der Waals surface area contributed by atoms with E-state index in [-0.39, 0.29) is 11.2 Å². The summed E-state index contributed by atoms with van der Waals surface area (Å²) in [6.07, 6.45) is 0. The molecule has 0 atom stereocenters. The van der Waals surface area contributed by atoms with Gasteiger partial charge >= 0.3 is 5.97 Å². The van der Waals surface area contributed by atoms with Gasteiger partial charge in [-0.2, -0.15) is 0 Å². The second-order valence-corrected chi connectivity index (χ2v) is 6.49. The smallest absolute Gasteiger partial charge is 0.335 e. The van der Waals surface area contributed by atoms with Crippen molar-refractivity contribution in [2.24, 2.45) is 0 Å². The highest BCUT2D eigenvalue weighted by Crippen LogP contribution is 2.23. The number of carboxylic acids is 1. The van der Waals surface area contributed by atoms with Crippen LogP contribution in [0.25, 0.3) is 11.0 Å². The van der Waals surface area contributed by atoms with Crippen molar-refractivity contribution in [3.05, 3.63) is 48.0 Å². The molecule has 1 heterocycles. The van der Waals surface area contributed by atoms with Gasteiger partial charge in [0.1, 0.15) is 11.4 Å². The number of carbonyl (C=O) groups is 1. The Kier molecular flexibility index (Phi) is 3.89. The Balaban J connectivity index is 1.78. The van der Waals surface area contributed by atoms with Gasteiger partial charge in [-0.25, -0.2) is 9.78 Å². The molecule has 0 aliphatic rings. The van der Waals surface area contributed by atoms with Gasteiger partial charge in [0.2, 0.25) is 5.95 Å². The number of ether oxygens (including phenoxy) is 1. The van der Waals surface area contributed by atoms with Crippen LogP contribution >= 0.6 is 0 Å². The van der Waals surface area contributed by atoms with Crippen LogP contribution in [0.5, 0.6) is 5.75 Å². The van der Waals surface area contributed by atoms with Crippen LogP contribution in [0.3, 0.4) is 0 Å². The maximum atomic E-state index is 11.0. The van der Waals surface area contributed by atoms with Crippen LogP contribution in [0.4, 0.5) is 11.6 Å². The molecule has 0 spiro atoms. The van der Waals surface area contributed by atoms with Crippen LogP contribution in [-0.2, 0) is 0 Å². The summed E-state index contributed by atoms with van der Waals surface area (Å²) in [5.41, 5.74) is 2.21. The van der Waals surface area contributed by atoms with Gasteiger partial charge in [-0.15, -0.1) is 0 Å². The van der Waals surface area contributed by atoms with E-state index in [4.69, 9.17) is 9.84 Å². The second-order valence-electron chi connectivity index (χ2n) is 6.49. The molecular formula is C18H19N3O3. The van der Waals surface area contributed by atoms with Crippen LogP contribution in [0, 0.1) is 0 Å². The van der Waals surface area contributed by atoms with Gasteiger partial charge in [-0.1, -0.05) is 0 Å². The third-order valence-corrected chi connectivity index (χ3v) is 3.27. The van der Waals surface area contributed by atoms with Crippen molar-refractivity contribution >= 4 is 28.6 Å². The number of nitrogens with zero attached hydrogens (tertiary/aromatic N) is 1. The van der Waals surface area contributed by atoms with E-state index in [1.807, 2.05) is 45.0 Å². The Hall–Kier alpha value is -3.02. The first-order chi connectivity index (χ1) is 11.3. The van der Waals surface area contributed by atoms with E-state index in [1.54, 1.807) is 12.1 Å². The van der Waals surface area contributed by atoms with E-state index >= 15 is 0 Å². The summed E-state index contributed by atoms with van der Waals surface area (Å²) < 4.78 is 5.78. The number of aromatic amines is 1. The molecule has 0 saturated carbocycles. The van der Waals surface area contributed by atoms with Gasteiger partial charge in [0, 0.05) is 5.69 Å². The number of H-pyrrole nitrogens is 1. The number of benzene rings is 2. The Labute approximate surface area is 139 Å². The zero-order valence-electron chi connectivity index (χ0n) is 13.8. The predicted octanol–water partition coefficient (Wildman–Crippen LogP) is 4.18.